The minimum absolute atomic E-state index is 0.283. The van der Waals surface area contributed by atoms with Gasteiger partial charge >= 0.3 is 0 Å². The van der Waals surface area contributed by atoms with E-state index in [1.165, 1.54) is 0 Å². The van der Waals surface area contributed by atoms with E-state index in [0.29, 0.717) is 13.2 Å². The Bertz CT molecular complexity index is 551. The number of fused-ring (bicyclic) bond motifs is 1. The molecule has 0 radical (unpaired) electrons. The van der Waals surface area contributed by atoms with Crippen LogP contribution in [-0.4, -0.2) is 19.3 Å². The van der Waals surface area contributed by atoms with Crippen molar-refractivity contribution in [1.29, 1.82) is 0 Å². The van der Waals surface area contributed by atoms with Crippen molar-refractivity contribution in [3.05, 3.63) is 42.4 Å². The zero-order chi connectivity index (χ0) is 13.8. The van der Waals surface area contributed by atoms with Crippen LogP contribution >= 0.6 is 0 Å². The van der Waals surface area contributed by atoms with Crippen LogP contribution in [0.15, 0.2) is 41.0 Å². The molecule has 1 N–H and O–H groups in total. The number of furan rings is 1. The summed E-state index contributed by atoms with van der Waals surface area (Å²) in [5.74, 6) is 2.63. The number of rotatable bonds is 4. The van der Waals surface area contributed by atoms with E-state index in [-0.39, 0.29) is 6.04 Å². The Hall–Kier alpha value is -2.10. The Balaban J connectivity index is 1.66. The molecular weight excluding hydrogens is 254 g/mol. The van der Waals surface area contributed by atoms with E-state index in [4.69, 9.17) is 13.9 Å². The van der Waals surface area contributed by atoms with E-state index in [9.17, 15) is 0 Å². The molecule has 0 bridgehead atoms. The van der Waals surface area contributed by atoms with Crippen LogP contribution in [-0.2, 0) is 6.42 Å². The summed E-state index contributed by atoms with van der Waals surface area (Å²) in [7, 11) is 0. The first kappa shape index (κ1) is 12.9. The molecular formula is C16H19NO3. The van der Waals surface area contributed by atoms with E-state index in [1.807, 2.05) is 30.3 Å². The Kier molecular flexibility index (Phi) is 3.81. The number of hydrogen-bond donors (Lipinski definition) is 1. The highest BCUT2D eigenvalue weighted by Crippen LogP contribution is 2.32. The lowest BCUT2D eigenvalue weighted by atomic mass is 10.2. The molecule has 4 nitrogen and oxygen atoms in total. The molecule has 0 saturated carbocycles. The average molecular weight is 273 g/mol. The summed E-state index contributed by atoms with van der Waals surface area (Å²) in [4.78, 5) is 0. The van der Waals surface area contributed by atoms with Crippen molar-refractivity contribution < 1.29 is 13.9 Å². The number of hydrogen-bond acceptors (Lipinski definition) is 4. The minimum atomic E-state index is 0.283. The number of nitrogens with one attached hydrogen (secondary N) is 1. The summed E-state index contributed by atoms with van der Waals surface area (Å²) in [5, 5.41) is 3.46. The SMILES string of the molecule is CC(Cc1ccco1)Nc1ccc2c(c1)OCCCO2. The van der Waals surface area contributed by atoms with E-state index in [2.05, 4.69) is 12.2 Å². The monoisotopic (exact) mass is 273 g/mol. The van der Waals surface area contributed by atoms with Crippen LogP contribution in [0.25, 0.3) is 0 Å². The molecule has 0 aliphatic carbocycles. The number of anilines is 1. The third-order valence-corrected chi connectivity index (χ3v) is 3.25. The average Bonchev–Trinajstić information content (AvgIpc) is 2.82. The number of benzene rings is 1. The van der Waals surface area contributed by atoms with Crippen molar-refractivity contribution in [2.24, 2.45) is 0 Å². The third kappa shape index (κ3) is 3.07. The van der Waals surface area contributed by atoms with Crippen LogP contribution in [0.1, 0.15) is 19.1 Å². The zero-order valence-electron chi connectivity index (χ0n) is 11.6. The fourth-order valence-corrected chi connectivity index (χ4v) is 2.32. The Morgan fingerprint density at radius 1 is 1.15 bits per heavy atom. The van der Waals surface area contributed by atoms with Crippen LogP contribution in [0.4, 0.5) is 5.69 Å². The molecule has 0 saturated heterocycles. The van der Waals surface area contributed by atoms with Crippen molar-refractivity contribution in [2.45, 2.75) is 25.8 Å². The summed E-state index contributed by atoms with van der Waals surface area (Å²) in [6, 6.07) is 10.2. The quantitative estimate of drug-likeness (QED) is 0.926. The molecule has 1 aromatic heterocycles. The van der Waals surface area contributed by atoms with E-state index in [1.54, 1.807) is 6.26 Å². The van der Waals surface area contributed by atoms with Crippen LogP contribution in [0.2, 0.25) is 0 Å². The van der Waals surface area contributed by atoms with Gasteiger partial charge in [-0.05, 0) is 31.2 Å². The molecule has 106 valence electrons. The van der Waals surface area contributed by atoms with Gasteiger partial charge in [-0.15, -0.1) is 0 Å². The highest BCUT2D eigenvalue weighted by Gasteiger charge is 2.12. The van der Waals surface area contributed by atoms with E-state index >= 15 is 0 Å². The van der Waals surface area contributed by atoms with Gasteiger partial charge in [-0.3, -0.25) is 0 Å². The molecule has 0 fully saturated rings. The molecule has 1 atom stereocenters. The molecule has 1 unspecified atom stereocenters. The zero-order valence-corrected chi connectivity index (χ0v) is 11.6. The fourth-order valence-electron chi connectivity index (χ4n) is 2.32. The van der Waals surface area contributed by atoms with Gasteiger partial charge < -0.3 is 19.2 Å². The summed E-state index contributed by atoms with van der Waals surface area (Å²) in [6.45, 7) is 3.55. The molecule has 20 heavy (non-hydrogen) atoms. The van der Waals surface area contributed by atoms with Gasteiger partial charge in [0.1, 0.15) is 5.76 Å². The second-order valence-corrected chi connectivity index (χ2v) is 5.04. The third-order valence-electron chi connectivity index (χ3n) is 3.25. The molecule has 3 rings (SSSR count). The van der Waals surface area contributed by atoms with Gasteiger partial charge in [0.25, 0.3) is 0 Å². The normalized spacial score (nSPS) is 15.4. The van der Waals surface area contributed by atoms with Crippen molar-refractivity contribution in [3.8, 4) is 11.5 Å². The summed E-state index contributed by atoms with van der Waals surface area (Å²) in [6.07, 6.45) is 3.48. The summed E-state index contributed by atoms with van der Waals surface area (Å²) < 4.78 is 16.7. The van der Waals surface area contributed by atoms with Crippen molar-refractivity contribution >= 4 is 5.69 Å². The molecule has 1 aliphatic heterocycles. The minimum Gasteiger partial charge on any atom is -0.490 e. The van der Waals surface area contributed by atoms with Crippen molar-refractivity contribution in [3.63, 3.8) is 0 Å². The van der Waals surface area contributed by atoms with E-state index in [0.717, 1.165) is 35.8 Å². The van der Waals surface area contributed by atoms with Crippen LogP contribution < -0.4 is 14.8 Å². The van der Waals surface area contributed by atoms with Crippen molar-refractivity contribution in [1.82, 2.24) is 0 Å². The standard InChI is InChI=1S/C16H19NO3/c1-12(10-14-4-2-7-18-14)17-13-5-6-15-16(11-13)20-9-3-8-19-15/h2,4-7,11-12,17H,3,8-10H2,1H3. The van der Waals surface area contributed by atoms with Gasteiger partial charge in [-0.25, -0.2) is 0 Å². The first-order valence-electron chi connectivity index (χ1n) is 7.00. The maximum atomic E-state index is 5.69. The van der Waals surface area contributed by atoms with Gasteiger partial charge in [0, 0.05) is 30.6 Å². The summed E-state index contributed by atoms with van der Waals surface area (Å²) >= 11 is 0. The van der Waals surface area contributed by atoms with Crippen molar-refractivity contribution in [2.75, 3.05) is 18.5 Å². The van der Waals surface area contributed by atoms with Gasteiger partial charge in [0.05, 0.1) is 19.5 Å². The molecule has 1 aromatic carbocycles. The largest absolute Gasteiger partial charge is 0.490 e. The second-order valence-electron chi connectivity index (χ2n) is 5.04. The first-order valence-corrected chi connectivity index (χ1v) is 7.00. The smallest absolute Gasteiger partial charge is 0.163 e. The predicted octanol–water partition coefficient (Wildman–Crippen LogP) is 3.48. The van der Waals surface area contributed by atoms with Crippen LogP contribution in [0.3, 0.4) is 0 Å². The van der Waals surface area contributed by atoms with Gasteiger partial charge in [-0.1, -0.05) is 0 Å². The Morgan fingerprint density at radius 3 is 2.80 bits per heavy atom. The number of ether oxygens (including phenoxy) is 2. The molecule has 4 heteroatoms. The maximum absolute atomic E-state index is 5.69. The Morgan fingerprint density at radius 2 is 2.00 bits per heavy atom. The molecule has 0 spiro atoms. The second kappa shape index (κ2) is 5.90. The lowest BCUT2D eigenvalue weighted by Crippen LogP contribution is -2.17. The molecule has 0 amide bonds. The lowest BCUT2D eigenvalue weighted by Gasteiger charge is -2.16. The maximum Gasteiger partial charge on any atom is 0.163 e. The molecule has 2 heterocycles. The van der Waals surface area contributed by atoms with Gasteiger partial charge in [-0.2, -0.15) is 0 Å². The lowest BCUT2D eigenvalue weighted by molar-refractivity contribution is 0.297. The topological polar surface area (TPSA) is 43.6 Å². The highest BCUT2D eigenvalue weighted by molar-refractivity contribution is 5.55. The van der Waals surface area contributed by atoms with E-state index < -0.39 is 0 Å². The van der Waals surface area contributed by atoms with Crippen LogP contribution in [0, 0.1) is 0 Å². The van der Waals surface area contributed by atoms with Gasteiger partial charge in [0.2, 0.25) is 0 Å². The molecule has 2 aromatic rings. The van der Waals surface area contributed by atoms with Crippen LogP contribution in [0.5, 0.6) is 11.5 Å². The molecule has 1 aliphatic rings. The highest BCUT2D eigenvalue weighted by atomic mass is 16.5. The predicted molar refractivity (Wildman–Crippen MR) is 77.5 cm³/mol. The first-order chi connectivity index (χ1) is 9.81. The summed E-state index contributed by atoms with van der Waals surface area (Å²) in [5.41, 5.74) is 1.04. The fraction of sp³-hybridized carbons (Fsp3) is 0.375. The van der Waals surface area contributed by atoms with Gasteiger partial charge in [0.15, 0.2) is 11.5 Å². The Labute approximate surface area is 118 Å².